The SMILES string of the molecule is CC(Oc1ccccc1Cl)C(=O)Nc1ccncc1. The molecule has 0 bridgehead atoms. The van der Waals surface area contributed by atoms with Crippen molar-refractivity contribution >= 4 is 23.2 Å². The Kier molecular flexibility index (Phi) is 4.36. The maximum Gasteiger partial charge on any atom is 0.265 e. The summed E-state index contributed by atoms with van der Waals surface area (Å²) in [6, 6.07) is 10.5. The molecule has 2 aromatic rings. The number of anilines is 1. The average molecular weight is 277 g/mol. The highest BCUT2D eigenvalue weighted by Gasteiger charge is 2.15. The Morgan fingerprint density at radius 2 is 1.95 bits per heavy atom. The molecule has 0 aliphatic carbocycles. The first-order chi connectivity index (χ1) is 9.16. The van der Waals surface area contributed by atoms with Gasteiger partial charge in [-0.25, -0.2) is 0 Å². The van der Waals surface area contributed by atoms with Crippen LogP contribution in [-0.2, 0) is 4.79 Å². The van der Waals surface area contributed by atoms with Crippen molar-refractivity contribution in [3.05, 3.63) is 53.8 Å². The van der Waals surface area contributed by atoms with Crippen molar-refractivity contribution in [3.8, 4) is 5.75 Å². The standard InChI is InChI=1S/C14H13ClN2O2/c1-10(19-13-5-3-2-4-12(13)15)14(18)17-11-6-8-16-9-7-11/h2-10H,1H3,(H,16,17,18). The normalized spacial score (nSPS) is 11.7. The lowest BCUT2D eigenvalue weighted by Crippen LogP contribution is -2.30. The molecule has 5 heteroatoms. The predicted octanol–water partition coefficient (Wildman–Crippen LogP) is 3.14. The summed E-state index contributed by atoms with van der Waals surface area (Å²) in [6.45, 7) is 1.67. The van der Waals surface area contributed by atoms with Crippen LogP contribution in [0.5, 0.6) is 5.75 Å². The molecule has 0 saturated carbocycles. The van der Waals surface area contributed by atoms with Crippen molar-refractivity contribution in [2.24, 2.45) is 0 Å². The molecule has 0 radical (unpaired) electrons. The molecule has 4 nitrogen and oxygen atoms in total. The molecule has 1 N–H and O–H groups in total. The summed E-state index contributed by atoms with van der Waals surface area (Å²) in [5, 5.41) is 3.21. The lowest BCUT2D eigenvalue weighted by molar-refractivity contribution is -0.122. The maximum absolute atomic E-state index is 11.9. The molecule has 2 rings (SSSR count). The van der Waals surface area contributed by atoms with E-state index in [-0.39, 0.29) is 5.91 Å². The highest BCUT2D eigenvalue weighted by molar-refractivity contribution is 6.32. The number of benzene rings is 1. The van der Waals surface area contributed by atoms with Crippen molar-refractivity contribution in [1.82, 2.24) is 4.98 Å². The second-order valence-electron chi connectivity index (χ2n) is 3.92. The number of carbonyl (C=O) groups excluding carboxylic acids is 1. The molecule has 1 aromatic heterocycles. The minimum atomic E-state index is -0.645. The van der Waals surface area contributed by atoms with Crippen LogP contribution in [0.3, 0.4) is 0 Å². The Morgan fingerprint density at radius 3 is 2.63 bits per heavy atom. The van der Waals surface area contributed by atoms with E-state index in [1.54, 1.807) is 55.7 Å². The number of aromatic nitrogens is 1. The molecule has 1 heterocycles. The van der Waals surface area contributed by atoms with Crippen LogP contribution in [0.2, 0.25) is 5.02 Å². The van der Waals surface area contributed by atoms with Gasteiger partial charge in [-0.1, -0.05) is 23.7 Å². The van der Waals surface area contributed by atoms with Gasteiger partial charge in [-0.2, -0.15) is 0 Å². The molecule has 98 valence electrons. The third-order valence-corrected chi connectivity index (χ3v) is 2.77. The molecule has 0 aliphatic rings. The van der Waals surface area contributed by atoms with Gasteiger partial charge in [0.2, 0.25) is 0 Å². The van der Waals surface area contributed by atoms with Crippen molar-refractivity contribution in [3.63, 3.8) is 0 Å². The molecule has 0 fully saturated rings. The highest BCUT2D eigenvalue weighted by Crippen LogP contribution is 2.24. The second-order valence-corrected chi connectivity index (χ2v) is 4.32. The fourth-order valence-corrected chi connectivity index (χ4v) is 1.64. The number of pyridine rings is 1. The third kappa shape index (κ3) is 3.69. The van der Waals surface area contributed by atoms with Crippen LogP contribution in [0.4, 0.5) is 5.69 Å². The van der Waals surface area contributed by atoms with Crippen LogP contribution in [0.25, 0.3) is 0 Å². The fourth-order valence-electron chi connectivity index (χ4n) is 1.46. The molecular formula is C14H13ClN2O2. The van der Waals surface area contributed by atoms with E-state index in [9.17, 15) is 4.79 Å². The molecule has 0 spiro atoms. The number of ether oxygens (including phenoxy) is 1. The lowest BCUT2D eigenvalue weighted by atomic mass is 10.3. The number of rotatable bonds is 4. The van der Waals surface area contributed by atoms with Gasteiger partial charge in [-0.05, 0) is 31.2 Å². The number of amides is 1. The summed E-state index contributed by atoms with van der Waals surface area (Å²) in [5.74, 6) is 0.243. The topological polar surface area (TPSA) is 51.2 Å². The Labute approximate surface area is 116 Å². The van der Waals surface area contributed by atoms with Gasteiger partial charge in [0.1, 0.15) is 5.75 Å². The Bertz CT molecular complexity index is 560. The average Bonchev–Trinajstić information content (AvgIpc) is 2.42. The minimum absolute atomic E-state index is 0.244. The molecule has 19 heavy (non-hydrogen) atoms. The van der Waals surface area contributed by atoms with Gasteiger partial charge in [-0.3, -0.25) is 9.78 Å². The first-order valence-electron chi connectivity index (χ1n) is 5.79. The van der Waals surface area contributed by atoms with E-state index in [0.717, 1.165) is 0 Å². The van der Waals surface area contributed by atoms with Crippen LogP contribution in [0.1, 0.15) is 6.92 Å². The van der Waals surface area contributed by atoms with E-state index in [0.29, 0.717) is 16.5 Å². The summed E-state index contributed by atoms with van der Waals surface area (Å²) in [7, 11) is 0. The van der Waals surface area contributed by atoms with Gasteiger partial charge in [-0.15, -0.1) is 0 Å². The van der Waals surface area contributed by atoms with Crippen LogP contribution < -0.4 is 10.1 Å². The molecule has 1 atom stereocenters. The van der Waals surface area contributed by atoms with Crippen LogP contribution in [0.15, 0.2) is 48.8 Å². The maximum atomic E-state index is 11.9. The first kappa shape index (κ1) is 13.4. The molecule has 0 saturated heterocycles. The predicted molar refractivity (Wildman–Crippen MR) is 74.4 cm³/mol. The smallest absolute Gasteiger partial charge is 0.265 e. The lowest BCUT2D eigenvalue weighted by Gasteiger charge is -2.15. The van der Waals surface area contributed by atoms with E-state index in [4.69, 9.17) is 16.3 Å². The number of halogens is 1. The number of hydrogen-bond donors (Lipinski definition) is 1. The number of nitrogens with zero attached hydrogens (tertiary/aromatic N) is 1. The zero-order valence-electron chi connectivity index (χ0n) is 10.3. The number of hydrogen-bond acceptors (Lipinski definition) is 3. The van der Waals surface area contributed by atoms with Crippen molar-refractivity contribution in [2.75, 3.05) is 5.32 Å². The first-order valence-corrected chi connectivity index (χ1v) is 6.16. The van der Waals surface area contributed by atoms with E-state index < -0.39 is 6.10 Å². The van der Waals surface area contributed by atoms with Crippen LogP contribution in [-0.4, -0.2) is 17.0 Å². The zero-order valence-corrected chi connectivity index (χ0v) is 11.1. The van der Waals surface area contributed by atoms with Crippen LogP contribution >= 0.6 is 11.6 Å². The fraction of sp³-hybridized carbons (Fsp3) is 0.143. The van der Waals surface area contributed by atoms with Crippen molar-refractivity contribution in [1.29, 1.82) is 0 Å². The Balaban J connectivity index is 1.98. The van der Waals surface area contributed by atoms with Gasteiger partial charge in [0.05, 0.1) is 5.02 Å². The summed E-state index contributed by atoms with van der Waals surface area (Å²) in [4.78, 5) is 15.8. The Hall–Kier alpha value is -2.07. The minimum Gasteiger partial charge on any atom is -0.479 e. The van der Waals surface area contributed by atoms with E-state index >= 15 is 0 Å². The van der Waals surface area contributed by atoms with Gasteiger partial charge in [0.15, 0.2) is 6.10 Å². The molecule has 1 aromatic carbocycles. The molecule has 1 unspecified atom stereocenters. The molecule has 1 amide bonds. The third-order valence-electron chi connectivity index (χ3n) is 2.46. The second kappa shape index (κ2) is 6.20. The van der Waals surface area contributed by atoms with Gasteiger partial charge < -0.3 is 10.1 Å². The molecule has 0 aliphatic heterocycles. The number of para-hydroxylation sites is 1. The number of carbonyl (C=O) groups is 1. The van der Waals surface area contributed by atoms with E-state index in [2.05, 4.69) is 10.3 Å². The van der Waals surface area contributed by atoms with Gasteiger partial charge in [0.25, 0.3) is 5.91 Å². The summed E-state index contributed by atoms with van der Waals surface area (Å²) in [5.41, 5.74) is 0.676. The summed E-state index contributed by atoms with van der Waals surface area (Å²) in [6.07, 6.45) is 2.57. The number of nitrogens with one attached hydrogen (secondary N) is 1. The monoisotopic (exact) mass is 276 g/mol. The Morgan fingerprint density at radius 1 is 1.26 bits per heavy atom. The highest BCUT2D eigenvalue weighted by atomic mass is 35.5. The van der Waals surface area contributed by atoms with Crippen molar-refractivity contribution < 1.29 is 9.53 Å². The largest absolute Gasteiger partial charge is 0.479 e. The van der Waals surface area contributed by atoms with Gasteiger partial charge >= 0.3 is 0 Å². The zero-order chi connectivity index (χ0) is 13.7. The summed E-state index contributed by atoms with van der Waals surface area (Å²) >= 11 is 5.97. The van der Waals surface area contributed by atoms with Crippen molar-refractivity contribution in [2.45, 2.75) is 13.0 Å². The van der Waals surface area contributed by atoms with E-state index in [1.807, 2.05) is 0 Å². The molecular weight excluding hydrogens is 264 g/mol. The summed E-state index contributed by atoms with van der Waals surface area (Å²) < 4.78 is 5.52. The van der Waals surface area contributed by atoms with E-state index in [1.165, 1.54) is 0 Å². The van der Waals surface area contributed by atoms with Gasteiger partial charge in [0, 0.05) is 18.1 Å². The quantitative estimate of drug-likeness (QED) is 0.933. The van der Waals surface area contributed by atoms with Crippen LogP contribution in [0, 0.1) is 0 Å².